The molecular weight excluding hydrogens is 344 g/mol. The number of ether oxygens (including phenoxy) is 2. The number of rotatable bonds is 3. The van der Waals surface area contributed by atoms with Crippen LogP contribution < -0.4 is 14.7 Å². The number of amides is 1. The van der Waals surface area contributed by atoms with E-state index in [-0.39, 0.29) is 12.5 Å². The van der Waals surface area contributed by atoms with Crippen LogP contribution in [0.2, 0.25) is 0 Å². The highest BCUT2D eigenvalue weighted by atomic mass is 32.1. The van der Waals surface area contributed by atoms with Gasteiger partial charge >= 0.3 is 0 Å². The first-order chi connectivity index (χ1) is 12.0. The molecule has 0 N–H and O–H groups in total. The highest BCUT2D eigenvalue weighted by Crippen LogP contribution is 2.52. The van der Waals surface area contributed by atoms with Crippen molar-refractivity contribution >= 4 is 38.6 Å². The van der Waals surface area contributed by atoms with Gasteiger partial charge in [0.25, 0.3) is 0 Å². The summed E-state index contributed by atoms with van der Waals surface area (Å²) in [6.07, 6.45) is 2.95. The van der Waals surface area contributed by atoms with Crippen molar-refractivity contribution < 1.29 is 24.2 Å². The Balaban J connectivity index is 1.55. The lowest BCUT2D eigenvalue weighted by atomic mass is 9.77. The van der Waals surface area contributed by atoms with Gasteiger partial charge in [0.1, 0.15) is 11.4 Å². The zero-order chi connectivity index (χ0) is 17.3. The van der Waals surface area contributed by atoms with E-state index in [0.717, 1.165) is 10.2 Å². The lowest BCUT2D eigenvalue weighted by molar-refractivity contribution is -0.313. The highest BCUT2D eigenvalue weighted by Gasteiger charge is 2.65. The fourth-order valence-corrected chi connectivity index (χ4v) is 5.02. The van der Waals surface area contributed by atoms with Crippen molar-refractivity contribution in [2.45, 2.75) is 11.7 Å². The van der Waals surface area contributed by atoms with Gasteiger partial charge in [-0.05, 0) is 12.1 Å². The standard InChI is InChI=1S/C17H14N2O5S/c1-23-8-2-3-11-9(6-8)18-16(25-11)19-7-17-5-4-10(24-17)12(15(21)22)13(17)14(19)20/h2-6,10,12-13H,7H2,1H3,(H,21,22)/p-1/t10-,12-,13+,17-/m0/s1. The quantitative estimate of drug-likeness (QED) is 0.736. The van der Waals surface area contributed by atoms with Crippen molar-refractivity contribution in [2.75, 3.05) is 18.6 Å². The molecule has 4 atom stereocenters. The minimum absolute atomic E-state index is 0.268. The Kier molecular flexibility index (Phi) is 2.85. The van der Waals surface area contributed by atoms with Crippen LogP contribution >= 0.6 is 11.3 Å². The molecule has 2 saturated heterocycles. The highest BCUT2D eigenvalue weighted by molar-refractivity contribution is 7.22. The van der Waals surface area contributed by atoms with Crippen molar-refractivity contribution in [3.05, 3.63) is 30.4 Å². The summed E-state index contributed by atoms with van der Waals surface area (Å²) in [5.41, 5.74) is -0.152. The van der Waals surface area contributed by atoms with Crippen molar-refractivity contribution in [1.29, 1.82) is 0 Å². The number of thiazole rings is 1. The Labute approximate surface area is 146 Å². The number of hydrogen-bond acceptors (Lipinski definition) is 7. The summed E-state index contributed by atoms with van der Waals surface area (Å²) in [7, 11) is 1.58. The van der Waals surface area contributed by atoms with Crippen LogP contribution in [-0.4, -0.2) is 42.2 Å². The van der Waals surface area contributed by atoms with E-state index in [0.29, 0.717) is 10.9 Å². The average Bonchev–Trinajstić information content (AvgIpc) is 3.32. The zero-order valence-electron chi connectivity index (χ0n) is 13.2. The lowest BCUT2D eigenvalue weighted by Gasteiger charge is -2.24. The summed E-state index contributed by atoms with van der Waals surface area (Å²) < 4.78 is 12.0. The molecule has 128 valence electrons. The number of carbonyl (C=O) groups excluding carboxylic acids is 2. The third-order valence-electron chi connectivity index (χ3n) is 5.19. The van der Waals surface area contributed by atoms with E-state index in [1.165, 1.54) is 16.2 Å². The fourth-order valence-electron chi connectivity index (χ4n) is 4.07. The summed E-state index contributed by atoms with van der Waals surface area (Å²) >= 11 is 1.38. The number of aliphatic carboxylic acids is 1. The maximum Gasteiger partial charge on any atom is 0.236 e. The smallest absolute Gasteiger partial charge is 0.236 e. The van der Waals surface area contributed by atoms with Gasteiger partial charge in [-0.25, -0.2) is 4.98 Å². The summed E-state index contributed by atoms with van der Waals surface area (Å²) in [6.45, 7) is 0.268. The van der Waals surface area contributed by atoms with E-state index in [1.807, 2.05) is 18.2 Å². The largest absolute Gasteiger partial charge is 0.550 e. The van der Waals surface area contributed by atoms with Crippen molar-refractivity contribution in [2.24, 2.45) is 11.8 Å². The molecule has 0 aliphatic carbocycles. The number of carboxylic acids is 1. The predicted molar refractivity (Wildman–Crippen MR) is 87.3 cm³/mol. The monoisotopic (exact) mass is 357 g/mol. The number of fused-ring (bicyclic) bond motifs is 2. The molecule has 1 amide bonds. The van der Waals surface area contributed by atoms with Crippen molar-refractivity contribution in [1.82, 2.24) is 4.98 Å². The molecular formula is C17H13N2O5S-. The summed E-state index contributed by atoms with van der Waals surface area (Å²) in [6, 6.07) is 5.53. The molecule has 0 unspecified atom stereocenters. The van der Waals surface area contributed by atoms with Crippen molar-refractivity contribution in [3.63, 3.8) is 0 Å². The van der Waals surface area contributed by atoms with E-state index < -0.39 is 29.5 Å². The number of methoxy groups -OCH3 is 1. The average molecular weight is 357 g/mol. The van der Waals surface area contributed by atoms with Crippen LogP contribution in [0.4, 0.5) is 5.13 Å². The number of aromatic nitrogens is 1. The lowest BCUT2D eigenvalue weighted by Crippen LogP contribution is -2.45. The molecule has 1 aromatic heterocycles. The van der Waals surface area contributed by atoms with Crippen LogP contribution in [0.15, 0.2) is 30.4 Å². The van der Waals surface area contributed by atoms with E-state index in [2.05, 4.69) is 4.98 Å². The Hall–Kier alpha value is -2.45. The van der Waals surface area contributed by atoms with Crippen LogP contribution in [0.5, 0.6) is 5.75 Å². The van der Waals surface area contributed by atoms with Crippen LogP contribution in [0, 0.1) is 11.8 Å². The van der Waals surface area contributed by atoms with Gasteiger partial charge in [0, 0.05) is 18.0 Å². The Morgan fingerprint density at radius 1 is 1.52 bits per heavy atom. The molecule has 8 heteroatoms. The molecule has 1 spiro atoms. The normalized spacial score (nSPS) is 32.6. The number of benzene rings is 1. The third-order valence-corrected chi connectivity index (χ3v) is 6.25. The molecule has 2 fully saturated rings. The first-order valence-electron chi connectivity index (χ1n) is 7.86. The molecule has 2 aromatic rings. The van der Waals surface area contributed by atoms with Gasteiger partial charge in [0.2, 0.25) is 5.91 Å². The van der Waals surface area contributed by atoms with E-state index in [9.17, 15) is 14.7 Å². The molecule has 3 aliphatic rings. The number of carboxylic acid groups (broad SMARTS) is 1. The maximum atomic E-state index is 12.9. The molecule has 2 bridgehead atoms. The topological polar surface area (TPSA) is 91.8 Å². The van der Waals surface area contributed by atoms with Gasteiger partial charge in [-0.1, -0.05) is 23.5 Å². The second-order valence-corrected chi connectivity index (χ2v) is 7.48. The maximum absolute atomic E-state index is 12.9. The molecule has 7 nitrogen and oxygen atoms in total. The van der Waals surface area contributed by atoms with Crippen molar-refractivity contribution in [3.8, 4) is 5.75 Å². The molecule has 0 saturated carbocycles. The SMILES string of the molecule is COc1ccc2sc(N3C[C@]45C=C[C@H](O4)[C@H](C(=O)[O-])[C@@H]5C3=O)nc2c1. The van der Waals surface area contributed by atoms with Crippen LogP contribution in [0.25, 0.3) is 10.2 Å². The van der Waals surface area contributed by atoms with E-state index in [1.54, 1.807) is 19.3 Å². The minimum Gasteiger partial charge on any atom is -0.550 e. The first-order valence-corrected chi connectivity index (χ1v) is 8.68. The van der Waals surface area contributed by atoms with Gasteiger partial charge in [-0.2, -0.15) is 0 Å². The number of nitrogens with zero attached hydrogens (tertiary/aromatic N) is 2. The molecule has 3 aliphatic heterocycles. The third kappa shape index (κ3) is 1.86. The number of hydrogen-bond donors (Lipinski definition) is 0. The summed E-state index contributed by atoms with van der Waals surface area (Å²) in [5.74, 6) is -2.53. The Morgan fingerprint density at radius 3 is 3.12 bits per heavy atom. The minimum atomic E-state index is -1.24. The van der Waals surface area contributed by atoms with Gasteiger partial charge in [-0.3, -0.25) is 9.69 Å². The number of anilines is 1. The molecule has 25 heavy (non-hydrogen) atoms. The van der Waals surface area contributed by atoms with Gasteiger partial charge in [-0.15, -0.1) is 0 Å². The first kappa shape index (κ1) is 14.9. The second-order valence-electron chi connectivity index (χ2n) is 6.47. The van der Waals surface area contributed by atoms with Gasteiger partial charge in [0.15, 0.2) is 5.13 Å². The zero-order valence-corrected chi connectivity index (χ0v) is 14.0. The van der Waals surface area contributed by atoms with E-state index >= 15 is 0 Å². The molecule has 0 radical (unpaired) electrons. The van der Waals surface area contributed by atoms with Crippen LogP contribution in [-0.2, 0) is 14.3 Å². The predicted octanol–water partition coefficient (Wildman–Crippen LogP) is 0.341. The van der Waals surface area contributed by atoms with Gasteiger partial charge < -0.3 is 19.4 Å². The second kappa shape index (κ2) is 4.80. The molecule has 4 heterocycles. The molecule has 5 rings (SSSR count). The Bertz CT molecular complexity index is 954. The van der Waals surface area contributed by atoms with Gasteiger partial charge in [0.05, 0.1) is 35.9 Å². The summed E-state index contributed by atoms with van der Waals surface area (Å²) in [4.78, 5) is 30.5. The van der Waals surface area contributed by atoms with Crippen LogP contribution in [0.3, 0.4) is 0 Å². The molecule has 1 aromatic carbocycles. The Morgan fingerprint density at radius 2 is 2.36 bits per heavy atom. The summed E-state index contributed by atoms with van der Waals surface area (Å²) in [5, 5.41) is 12.0. The van der Waals surface area contributed by atoms with E-state index in [4.69, 9.17) is 9.47 Å². The van der Waals surface area contributed by atoms with Crippen LogP contribution in [0.1, 0.15) is 0 Å². The number of carbonyl (C=O) groups is 2. The fraction of sp³-hybridized carbons (Fsp3) is 0.353.